The number of nitrogens with zero attached hydrogens (tertiary/aromatic N) is 3. The third-order valence-electron chi connectivity index (χ3n) is 5.05. The van der Waals surface area contributed by atoms with Crippen molar-refractivity contribution >= 4 is 15.6 Å². The lowest BCUT2D eigenvalue weighted by molar-refractivity contribution is -0.174. The average molecular weight is 440 g/mol. The van der Waals surface area contributed by atoms with E-state index in [1.54, 1.807) is 30.5 Å². The molecular formula is C20H33N5O4S. The fraction of sp³-hybridized carbons (Fsp3) is 0.650. The van der Waals surface area contributed by atoms with Gasteiger partial charge in [-0.25, -0.2) is 8.42 Å². The van der Waals surface area contributed by atoms with Crippen LogP contribution >= 0.6 is 0 Å². The molecule has 0 radical (unpaired) electrons. The summed E-state index contributed by atoms with van der Waals surface area (Å²) in [5, 5.41) is 20.3. The van der Waals surface area contributed by atoms with Gasteiger partial charge < -0.3 is 15.2 Å². The van der Waals surface area contributed by atoms with E-state index in [-0.39, 0.29) is 18.3 Å². The predicted molar refractivity (Wildman–Crippen MR) is 116 cm³/mol. The number of rotatable bonds is 8. The number of aromatic nitrogens is 2. The number of ether oxygens (including phenoxy) is 1. The van der Waals surface area contributed by atoms with Gasteiger partial charge in [0.25, 0.3) is 0 Å². The van der Waals surface area contributed by atoms with Crippen LogP contribution in [0.5, 0.6) is 0 Å². The molecule has 0 aromatic carbocycles. The molecule has 9 nitrogen and oxygen atoms in total. The maximum atomic E-state index is 12.6. The number of H-pyrrole nitrogens is 1. The first kappa shape index (κ1) is 23.0. The molecule has 1 fully saturated rings. The van der Waals surface area contributed by atoms with E-state index in [2.05, 4.69) is 20.4 Å². The Balaban J connectivity index is 1.74. The molecule has 3 heterocycles. The summed E-state index contributed by atoms with van der Waals surface area (Å²) in [7, 11) is -3.27. The van der Waals surface area contributed by atoms with E-state index < -0.39 is 21.5 Å². The molecule has 0 saturated carbocycles. The lowest BCUT2D eigenvalue weighted by atomic mass is 10.1. The zero-order valence-electron chi connectivity index (χ0n) is 18.1. The van der Waals surface area contributed by atoms with E-state index in [1.165, 1.54) is 0 Å². The van der Waals surface area contributed by atoms with Crippen molar-refractivity contribution in [3.05, 3.63) is 36.3 Å². The molecule has 3 rings (SSSR count). The monoisotopic (exact) mass is 439 g/mol. The molecule has 10 heteroatoms. The number of allylic oxidation sites excluding steroid dienone is 2. The highest BCUT2D eigenvalue weighted by molar-refractivity contribution is 7.89. The van der Waals surface area contributed by atoms with E-state index >= 15 is 0 Å². The molecule has 0 spiro atoms. The highest BCUT2D eigenvalue weighted by Gasteiger charge is 2.41. The summed E-state index contributed by atoms with van der Waals surface area (Å²) in [4.78, 5) is 2.07. The average Bonchev–Trinajstić information content (AvgIpc) is 3.20. The van der Waals surface area contributed by atoms with Crippen molar-refractivity contribution in [2.75, 3.05) is 38.5 Å². The molecule has 0 aliphatic carbocycles. The summed E-state index contributed by atoms with van der Waals surface area (Å²) in [6, 6.07) is 0. The first-order valence-electron chi connectivity index (χ1n) is 10.3. The molecule has 1 unspecified atom stereocenters. The molecule has 30 heavy (non-hydrogen) atoms. The van der Waals surface area contributed by atoms with E-state index in [0.29, 0.717) is 26.2 Å². The summed E-state index contributed by atoms with van der Waals surface area (Å²) >= 11 is 0. The molecule has 0 bridgehead atoms. The molecule has 2 aliphatic rings. The van der Waals surface area contributed by atoms with Crippen LogP contribution in [0.1, 0.15) is 33.3 Å². The Kier molecular flexibility index (Phi) is 6.73. The number of aromatic amines is 1. The molecule has 3 N–H and O–H groups in total. The Bertz CT molecular complexity index is 866. The summed E-state index contributed by atoms with van der Waals surface area (Å²) < 4.78 is 32.9. The van der Waals surface area contributed by atoms with Crippen LogP contribution in [-0.4, -0.2) is 82.9 Å². The second-order valence-corrected chi connectivity index (χ2v) is 10.9. The number of sulfonamides is 1. The minimum atomic E-state index is -3.27. The lowest BCUT2D eigenvalue weighted by Crippen LogP contribution is -2.64. The second kappa shape index (κ2) is 8.80. The maximum absolute atomic E-state index is 12.6. The Labute approximate surface area is 178 Å². The topological polar surface area (TPSA) is 111 Å². The van der Waals surface area contributed by atoms with Crippen molar-refractivity contribution in [1.29, 1.82) is 0 Å². The Morgan fingerprint density at radius 2 is 2.00 bits per heavy atom. The third kappa shape index (κ3) is 5.50. The summed E-state index contributed by atoms with van der Waals surface area (Å²) in [6.07, 6.45) is 9.27. The molecule has 1 saturated heterocycles. The molecule has 1 atom stereocenters. The van der Waals surface area contributed by atoms with Gasteiger partial charge in [-0.15, -0.1) is 0 Å². The SMILES string of the molecule is CC(C)CS(=O)(=O)N1CCN(C2(OCC(C)(C)O)C=CC(c3cn[nH]c3)=CN2)CC1. The number of hydrogen-bond donors (Lipinski definition) is 3. The molecular weight excluding hydrogens is 406 g/mol. The standard InChI is InChI=1S/C20H33N5O4S/c1-16(2)14-30(27,28)25-9-7-24(8-10-25)20(29-15-19(3,4)26)6-5-17(11-21-20)18-12-22-23-13-18/h5-6,11-13,16,21,26H,7-10,14-15H2,1-4H3,(H,22,23). The Morgan fingerprint density at radius 1 is 1.30 bits per heavy atom. The quantitative estimate of drug-likeness (QED) is 0.553. The first-order chi connectivity index (χ1) is 14.0. The van der Waals surface area contributed by atoms with E-state index in [9.17, 15) is 13.5 Å². The van der Waals surface area contributed by atoms with E-state index in [4.69, 9.17) is 4.74 Å². The van der Waals surface area contributed by atoms with Gasteiger partial charge in [-0.2, -0.15) is 9.40 Å². The molecule has 168 valence electrons. The fourth-order valence-corrected chi connectivity index (χ4v) is 5.33. The minimum absolute atomic E-state index is 0.0870. The van der Waals surface area contributed by atoms with Gasteiger partial charge in [-0.1, -0.05) is 19.9 Å². The minimum Gasteiger partial charge on any atom is -0.388 e. The number of hydrogen-bond acceptors (Lipinski definition) is 7. The highest BCUT2D eigenvalue weighted by atomic mass is 32.2. The highest BCUT2D eigenvalue weighted by Crippen LogP contribution is 2.28. The largest absolute Gasteiger partial charge is 0.388 e. The van der Waals surface area contributed by atoms with E-state index in [1.807, 2.05) is 32.2 Å². The molecule has 1 aromatic rings. The summed E-state index contributed by atoms with van der Waals surface area (Å²) in [5.41, 5.74) is 0.892. The summed E-state index contributed by atoms with van der Waals surface area (Å²) in [6.45, 7) is 9.14. The van der Waals surface area contributed by atoms with Crippen molar-refractivity contribution in [2.45, 2.75) is 39.1 Å². The summed E-state index contributed by atoms with van der Waals surface area (Å²) in [5.74, 6) is -0.715. The van der Waals surface area contributed by atoms with Gasteiger partial charge in [0.1, 0.15) is 0 Å². The maximum Gasteiger partial charge on any atom is 0.218 e. The van der Waals surface area contributed by atoms with Crippen molar-refractivity contribution in [2.24, 2.45) is 5.92 Å². The number of dihydropyridines is 1. The molecule has 2 aliphatic heterocycles. The van der Waals surface area contributed by atoms with Crippen LogP contribution in [0.2, 0.25) is 0 Å². The van der Waals surface area contributed by atoms with Crippen molar-refractivity contribution in [3.63, 3.8) is 0 Å². The van der Waals surface area contributed by atoms with Gasteiger partial charge in [0, 0.05) is 49.7 Å². The van der Waals surface area contributed by atoms with Gasteiger partial charge in [0.05, 0.1) is 24.2 Å². The Morgan fingerprint density at radius 3 is 2.50 bits per heavy atom. The van der Waals surface area contributed by atoms with Crippen LogP contribution in [0.3, 0.4) is 0 Å². The smallest absolute Gasteiger partial charge is 0.218 e. The van der Waals surface area contributed by atoms with Gasteiger partial charge in [0.15, 0.2) is 0 Å². The number of piperazine rings is 1. The van der Waals surface area contributed by atoms with Crippen molar-refractivity contribution < 1.29 is 18.3 Å². The van der Waals surface area contributed by atoms with Crippen molar-refractivity contribution in [1.82, 2.24) is 24.7 Å². The fourth-order valence-electron chi connectivity index (χ4n) is 3.56. The zero-order valence-corrected chi connectivity index (χ0v) is 18.9. The normalized spacial score (nSPS) is 24.1. The zero-order chi connectivity index (χ0) is 22.0. The van der Waals surface area contributed by atoms with Crippen LogP contribution in [0.15, 0.2) is 30.7 Å². The van der Waals surface area contributed by atoms with Crippen LogP contribution in [-0.2, 0) is 14.8 Å². The van der Waals surface area contributed by atoms with Gasteiger partial charge in [-0.05, 0) is 25.8 Å². The van der Waals surface area contributed by atoms with E-state index in [0.717, 1.165) is 11.1 Å². The van der Waals surface area contributed by atoms with Crippen LogP contribution in [0.25, 0.3) is 5.57 Å². The van der Waals surface area contributed by atoms with Crippen LogP contribution in [0, 0.1) is 5.92 Å². The van der Waals surface area contributed by atoms with Gasteiger partial charge >= 0.3 is 0 Å². The Hall–Kier alpha value is -1.72. The van der Waals surface area contributed by atoms with Crippen LogP contribution in [0.4, 0.5) is 0 Å². The lowest BCUT2D eigenvalue weighted by Gasteiger charge is -2.47. The first-order valence-corrected chi connectivity index (χ1v) is 11.9. The number of nitrogens with one attached hydrogen (secondary N) is 2. The van der Waals surface area contributed by atoms with Crippen molar-refractivity contribution in [3.8, 4) is 0 Å². The number of aliphatic hydroxyl groups is 1. The second-order valence-electron chi connectivity index (χ2n) is 8.92. The van der Waals surface area contributed by atoms with Crippen LogP contribution < -0.4 is 5.32 Å². The molecule has 0 amide bonds. The molecule has 1 aromatic heterocycles. The third-order valence-corrected chi connectivity index (χ3v) is 7.29. The van der Waals surface area contributed by atoms with Gasteiger partial charge in [-0.3, -0.25) is 10.00 Å². The predicted octanol–water partition coefficient (Wildman–Crippen LogP) is 0.955. The van der Waals surface area contributed by atoms with Gasteiger partial charge in [0.2, 0.25) is 15.9 Å².